The van der Waals surface area contributed by atoms with Gasteiger partial charge in [-0.1, -0.05) is 38.0 Å². The summed E-state index contributed by atoms with van der Waals surface area (Å²) < 4.78 is 27.3. The van der Waals surface area contributed by atoms with Crippen LogP contribution in [-0.4, -0.2) is 124 Å². The standard InChI is InChI=1S/C28H30N6O3.C28H32N6O2.Al.Li.4H/c1-13(2)26-19(11-21-28(35)33(6)8-9-34(21)26)25-24-17-12-22(36-7)18(23-14(3)32-37-15(23)4)10-20(17)31-27(24)30-16(5)29-25;1-14(2)27-21(10-18-13-33(6)8-9-34(18)27)26-25-19-12-23(35-7)20(24-15(3)32-36-16(24)4)11-22(19)31-28(25)30-17(5)29-26;;;;;;/h10-13H,8-9H2,1-7H3,(H,29,30,31);10-12,14H,8-9,13H2,1-7H3,(H,29,30,31);;;;;;/q;;;+1;;;;-1. The van der Waals surface area contributed by atoms with E-state index in [0.717, 1.165) is 149 Å². The summed E-state index contributed by atoms with van der Waals surface area (Å²) in [6.45, 7) is 24.9. The van der Waals surface area contributed by atoms with Crippen molar-refractivity contribution in [2.75, 3.05) is 41.4 Å². The van der Waals surface area contributed by atoms with Gasteiger partial charge < -0.3 is 43.9 Å². The topological polar surface area (TPSA) is 187 Å². The van der Waals surface area contributed by atoms with Crippen molar-refractivity contribution in [1.82, 2.24) is 59.2 Å². The Balaban J connectivity index is 0.000000194. The van der Waals surface area contributed by atoms with Gasteiger partial charge >= 0.3 is 18.9 Å². The Kier molecular flexibility index (Phi) is 14.3. The molecule has 1 amide bonds. The zero-order valence-corrected chi connectivity index (χ0v) is 45.2. The predicted octanol–water partition coefficient (Wildman–Crippen LogP) is 7.05. The Labute approximate surface area is 459 Å². The second kappa shape index (κ2) is 20.1. The van der Waals surface area contributed by atoms with E-state index in [2.05, 4.69) is 93.3 Å². The summed E-state index contributed by atoms with van der Waals surface area (Å²) >= 11 is 0. The summed E-state index contributed by atoms with van der Waals surface area (Å²) in [5.41, 5.74) is 17.3. The number of ether oxygens (including phenoxy) is 2. The second-order valence-electron chi connectivity index (χ2n) is 20.4. The van der Waals surface area contributed by atoms with Crippen molar-refractivity contribution in [3.05, 3.63) is 93.7 Å². The van der Waals surface area contributed by atoms with Crippen LogP contribution in [0.5, 0.6) is 11.5 Å². The SMILES string of the molecule is COc1cc2c(cc1-c1c(C)noc1C)[nH]c1nc(C)nc(-c3cc4n(c3C(C)C)CCN(C)C4)c12.COc1cc2c(cc1-c1c(C)noc1C)[nH]c1nc(C)nc(-c3cc4n(c3C(C)C)CCN(C)C4=O)c12.[AlH3].[H-].[Li+]. The molecule has 0 aliphatic carbocycles. The number of aromatic amines is 2. The Hall–Kier alpha value is -6.66. The van der Waals surface area contributed by atoms with Crippen molar-refractivity contribution in [2.45, 2.75) is 101 Å². The first-order chi connectivity index (χ1) is 35.0. The second-order valence-corrected chi connectivity index (χ2v) is 20.4. The summed E-state index contributed by atoms with van der Waals surface area (Å²) in [4.78, 5) is 43.8. The molecule has 0 bridgehead atoms. The van der Waals surface area contributed by atoms with E-state index >= 15 is 0 Å². The van der Waals surface area contributed by atoms with Gasteiger partial charge in [0.15, 0.2) is 17.4 Å². The van der Waals surface area contributed by atoms with Gasteiger partial charge in [-0.05, 0) is 96.8 Å². The van der Waals surface area contributed by atoms with Crippen LogP contribution >= 0.6 is 0 Å². The number of H-pyrrole nitrogens is 2. The molecule has 10 aromatic rings. The molecule has 2 aliphatic heterocycles. The summed E-state index contributed by atoms with van der Waals surface area (Å²) in [5.74, 6) is 5.00. The largest absolute Gasteiger partial charge is 1.00 e. The predicted molar refractivity (Wildman–Crippen MR) is 295 cm³/mol. The van der Waals surface area contributed by atoms with Gasteiger partial charge in [-0.2, -0.15) is 0 Å². The van der Waals surface area contributed by atoms with E-state index in [-0.39, 0.29) is 49.5 Å². The number of rotatable bonds is 8. The first kappa shape index (κ1) is 53.2. The van der Waals surface area contributed by atoms with Crippen molar-refractivity contribution in [1.29, 1.82) is 0 Å². The summed E-state index contributed by atoms with van der Waals surface area (Å²) in [5, 5.41) is 12.2. The van der Waals surface area contributed by atoms with Gasteiger partial charge in [-0.15, -0.1) is 0 Å². The van der Waals surface area contributed by atoms with Crippen molar-refractivity contribution >= 4 is 67.1 Å². The molecule has 2 N–H and O–H groups in total. The van der Waals surface area contributed by atoms with Crippen molar-refractivity contribution in [2.24, 2.45) is 0 Å². The van der Waals surface area contributed by atoms with E-state index in [4.69, 9.17) is 38.5 Å². The number of hydrogen-bond acceptors (Lipinski definition) is 12. The molecule has 0 fully saturated rings. The van der Waals surface area contributed by atoms with Gasteiger partial charge in [0.1, 0.15) is 51.7 Å². The number of carbonyl (C=O) groups excluding carboxylic acids is 1. The van der Waals surface area contributed by atoms with Crippen LogP contribution in [0.15, 0.2) is 45.4 Å². The van der Waals surface area contributed by atoms with Gasteiger partial charge in [-0.3, -0.25) is 9.69 Å². The van der Waals surface area contributed by atoms with E-state index in [1.54, 1.807) is 19.1 Å². The zero-order valence-electron chi connectivity index (χ0n) is 46.2. The van der Waals surface area contributed by atoms with E-state index in [9.17, 15) is 4.79 Å². The maximum Gasteiger partial charge on any atom is 1.00 e. The van der Waals surface area contributed by atoms with Crippen LogP contribution < -0.4 is 28.3 Å². The van der Waals surface area contributed by atoms with Gasteiger partial charge in [0.25, 0.3) is 5.91 Å². The quantitative estimate of drug-likeness (QED) is 0.148. The third-order valence-electron chi connectivity index (χ3n) is 14.7. The number of fused-ring (bicyclic) bond motifs is 8. The fourth-order valence-electron chi connectivity index (χ4n) is 11.5. The minimum atomic E-state index is 0. The number of amides is 1. The first-order valence-corrected chi connectivity index (χ1v) is 25.0. The minimum absolute atomic E-state index is 0. The van der Waals surface area contributed by atoms with Gasteiger partial charge in [0.2, 0.25) is 0 Å². The number of benzene rings is 2. The Morgan fingerprint density at radius 1 is 0.613 bits per heavy atom. The van der Waals surface area contributed by atoms with Crippen LogP contribution in [0.25, 0.3) is 88.6 Å². The molecule has 19 heteroatoms. The van der Waals surface area contributed by atoms with Gasteiger partial charge in [0, 0.05) is 101 Å². The Morgan fingerprint density at radius 2 is 1.08 bits per heavy atom. The van der Waals surface area contributed by atoms with Crippen LogP contribution in [-0.2, 0) is 19.6 Å². The molecule has 0 radical (unpaired) electrons. The molecule has 2 aromatic carbocycles. The van der Waals surface area contributed by atoms with Crippen LogP contribution in [0.1, 0.15) is 103 Å². The van der Waals surface area contributed by atoms with Crippen LogP contribution in [0, 0.1) is 41.5 Å². The normalized spacial score (nSPS) is 13.7. The molecule has 0 saturated carbocycles. The van der Waals surface area contributed by atoms with E-state index in [0.29, 0.717) is 29.7 Å². The molecule has 0 unspecified atom stereocenters. The Bertz CT molecular complexity index is 3840. The smallest absolute Gasteiger partial charge is 1.00 e. The first-order valence-electron chi connectivity index (χ1n) is 25.0. The number of hydrogen-bond donors (Lipinski definition) is 2. The van der Waals surface area contributed by atoms with Crippen molar-refractivity contribution in [3.63, 3.8) is 0 Å². The van der Waals surface area contributed by atoms with Crippen molar-refractivity contribution < 1.29 is 43.6 Å². The van der Waals surface area contributed by atoms with Crippen LogP contribution in [0.4, 0.5) is 0 Å². The average molecular weight is 1020 g/mol. The van der Waals surface area contributed by atoms with Crippen LogP contribution in [0.2, 0.25) is 0 Å². The number of nitrogens with zero attached hydrogens (tertiary/aromatic N) is 10. The molecule has 12 rings (SSSR count). The minimum Gasteiger partial charge on any atom is -1.00 e. The van der Waals surface area contributed by atoms with Gasteiger partial charge in [0.05, 0.1) is 58.9 Å². The maximum atomic E-state index is 13.1. The van der Waals surface area contributed by atoms with E-state index in [1.165, 1.54) is 17.0 Å². The number of aromatic nitrogens is 10. The summed E-state index contributed by atoms with van der Waals surface area (Å²) in [7, 11) is 7.40. The fourth-order valence-corrected chi connectivity index (χ4v) is 11.5. The molecule has 0 atom stereocenters. The number of nitrogens with one attached hydrogen (secondary N) is 2. The summed E-state index contributed by atoms with van der Waals surface area (Å²) in [6, 6.07) is 12.6. The molecule has 384 valence electrons. The van der Waals surface area contributed by atoms with Crippen LogP contribution in [0.3, 0.4) is 0 Å². The number of likely N-dealkylation sites (N-methyl/N-ethyl adjacent to an activating group) is 2. The number of methoxy groups -OCH3 is 2. The molecule has 0 saturated heterocycles. The average Bonchev–Trinajstić information content (AvgIpc) is 4.21. The summed E-state index contributed by atoms with van der Waals surface area (Å²) in [6.07, 6.45) is 0. The third-order valence-corrected chi connectivity index (χ3v) is 14.7. The molecular weight excluding hydrogens is 955 g/mol. The van der Waals surface area contributed by atoms with Gasteiger partial charge in [-0.25, -0.2) is 19.9 Å². The number of aryl methyl sites for hydroxylation is 6. The third kappa shape index (κ3) is 8.74. The monoisotopic (exact) mass is 1020 g/mol. The Morgan fingerprint density at radius 3 is 1.53 bits per heavy atom. The molecule has 0 spiro atoms. The molecular formula is C56H66AlLiN12O5. The maximum absolute atomic E-state index is 13.1. The molecule has 10 heterocycles. The number of carbonyl (C=O) groups is 1. The van der Waals surface area contributed by atoms with Crippen molar-refractivity contribution in [3.8, 4) is 56.3 Å². The zero-order chi connectivity index (χ0) is 51.5. The molecule has 8 aromatic heterocycles. The fraction of sp³-hybridized carbons (Fsp3) is 0.375. The molecule has 17 nitrogen and oxygen atoms in total. The van der Waals surface area contributed by atoms with E-state index in [1.807, 2.05) is 60.7 Å². The molecule has 2 aliphatic rings. The van der Waals surface area contributed by atoms with E-state index < -0.39 is 0 Å². The molecule has 75 heavy (non-hydrogen) atoms.